The molecule has 0 aromatic heterocycles. The number of allylic oxidation sites excluding steroid dienone is 3. The third kappa shape index (κ3) is 5.14. The Bertz CT molecular complexity index is 566. The first kappa shape index (κ1) is 17.1. The van der Waals surface area contributed by atoms with Crippen LogP contribution in [0.15, 0.2) is 49.3 Å². The monoisotopic (exact) mass is 296 g/mol. The highest BCUT2D eigenvalue weighted by Crippen LogP contribution is 2.27. The zero-order chi connectivity index (χ0) is 16.2. The second-order valence-corrected chi connectivity index (χ2v) is 5.05. The molecule has 1 nitrogen and oxygen atoms in total. The van der Waals surface area contributed by atoms with Crippen molar-refractivity contribution >= 4 is 5.57 Å². The van der Waals surface area contributed by atoms with Gasteiger partial charge in [0.05, 0.1) is 0 Å². The summed E-state index contributed by atoms with van der Waals surface area (Å²) in [5, 5.41) is 0. The molecule has 0 saturated heterocycles. The van der Waals surface area contributed by atoms with Crippen LogP contribution in [-0.2, 0) is 4.74 Å². The highest BCUT2D eigenvalue weighted by molar-refractivity contribution is 5.75. The third-order valence-corrected chi connectivity index (χ3v) is 3.03. The van der Waals surface area contributed by atoms with E-state index < -0.39 is 6.36 Å². The summed E-state index contributed by atoms with van der Waals surface area (Å²) in [4.78, 5) is 0. The molecule has 4 heteroatoms. The Labute approximate surface area is 123 Å². The van der Waals surface area contributed by atoms with E-state index in [0.29, 0.717) is 11.5 Å². The van der Waals surface area contributed by atoms with Crippen LogP contribution in [0.4, 0.5) is 13.2 Å². The average Bonchev–Trinajstić information content (AvgIpc) is 2.36. The Hall–Kier alpha value is -1.97. The van der Waals surface area contributed by atoms with Crippen molar-refractivity contribution in [2.45, 2.75) is 33.1 Å². The molecule has 0 aliphatic carbocycles. The summed E-state index contributed by atoms with van der Waals surface area (Å²) in [5.74, 6) is -0.0479. The van der Waals surface area contributed by atoms with Gasteiger partial charge in [-0.05, 0) is 47.3 Å². The minimum atomic E-state index is -4.74. The van der Waals surface area contributed by atoms with E-state index in [4.69, 9.17) is 0 Å². The van der Waals surface area contributed by atoms with Crippen molar-refractivity contribution in [1.82, 2.24) is 0 Å². The molecule has 0 heterocycles. The Morgan fingerprint density at radius 1 is 1.29 bits per heavy atom. The molecule has 0 spiro atoms. The van der Waals surface area contributed by atoms with Gasteiger partial charge in [0.1, 0.15) is 5.76 Å². The zero-order valence-corrected chi connectivity index (χ0v) is 12.4. The van der Waals surface area contributed by atoms with Crippen LogP contribution < -0.4 is 0 Å². The molecule has 0 atom stereocenters. The van der Waals surface area contributed by atoms with Crippen molar-refractivity contribution in [3.8, 4) is 0 Å². The third-order valence-electron chi connectivity index (χ3n) is 3.03. The molecule has 0 saturated carbocycles. The van der Waals surface area contributed by atoms with Crippen LogP contribution in [0.3, 0.4) is 0 Å². The maximum atomic E-state index is 12.3. The van der Waals surface area contributed by atoms with Gasteiger partial charge in [0.15, 0.2) is 0 Å². The Morgan fingerprint density at radius 3 is 2.38 bits per heavy atom. The largest absolute Gasteiger partial charge is 0.573 e. The first-order chi connectivity index (χ1) is 9.64. The molecule has 21 heavy (non-hydrogen) atoms. The Kier molecular flexibility index (Phi) is 5.41. The maximum Gasteiger partial charge on any atom is 0.573 e. The Morgan fingerprint density at radius 2 is 1.90 bits per heavy atom. The van der Waals surface area contributed by atoms with E-state index in [9.17, 15) is 13.2 Å². The molecule has 0 aliphatic rings. The number of hydrogen-bond donors (Lipinski definition) is 0. The molecule has 0 radical (unpaired) electrons. The normalized spacial score (nSPS) is 12.4. The van der Waals surface area contributed by atoms with Crippen LogP contribution in [0, 0.1) is 6.92 Å². The van der Waals surface area contributed by atoms with Gasteiger partial charge < -0.3 is 4.74 Å². The van der Waals surface area contributed by atoms with E-state index in [0.717, 1.165) is 22.8 Å². The van der Waals surface area contributed by atoms with Gasteiger partial charge in [0.2, 0.25) is 0 Å². The molecule has 0 fully saturated rings. The van der Waals surface area contributed by atoms with Crippen molar-refractivity contribution in [1.29, 1.82) is 0 Å². The van der Waals surface area contributed by atoms with Gasteiger partial charge in [-0.15, -0.1) is 13.2 Å². The van der Waals surface area contributed by atoms with Crippen LogP contribution >= 0.6 is 0 Å². The minimum absolute atomic E-state index is 0.325. The van der Waals surface area contributed by atoms with E-state index in [1.165, 1.54) is 6.08 Å². The van der Waals surface area contributed by atoms with Gasteiger partial charge in [0.25, 0.3) is 0 Å². The molecule has 0 aliphatic heterocycles. The molecule has 1 rings (SSSR count). The number of ether oxygens (including phenoxy) is 1. The van der Waals surface area contributed by atoms with Gasteiger partial charge in [-0.2, -0.15) is 0 Å². The predicted molar refractivity (Wildman–Crippen MR) is 79.7 cm³/mol. The lowest BCUT2D eigenvalue weighted by atomic mass is 9.94. The highest BCUT2D eigenvalue weighted by atomic mass is 19.4. The lowest BCUT2D eigenvalue weighted by Crippen LogP contribution is -2.12. The second kappa shape index (κ2) is 6.66. The average molecular weight is 296 g/mol. The van der Waals surface area contributed by atoms with Gasteiger partial charge in [-0.3, -0.25) is 0 Å². The number of benzene rings is 1. The van der Waals surface area contributed by atoms with E-state index in [1.807, 2.05) is 25.1 Å². The molecular formula is C17H19F3O. The first-order valence-electron chi connectivity index (χ1n) is 6.53. The van der Waals surface area contributed by atoms with Crippen LogP contribution in [0.25, 0.3) is 5.57 Å². The minimum Gasteiger partial charge on any atom is -0.406 e. The van der Waals surface area contributed by atoms with Crippen molar-refractivity contribution in [3.63, 3.8) is 0 Å². The molecular weight excluding hydrogens is 277 g/mol. The summed E-state index contributed by atoms with van der Waals surface area (Å²) in [6.45, 7) is 13.1. The number of hydrogen-bond acceptors (Lipinski definition) is 1. The topological polar surface area (TPSA) is 9.23 Å². The van der Waals surface area contributed by atoms with Crippen LogP contribution in [0.2, 0.25) is 0 Å². The molecule has 1 aromatic rings. The summed E-state index contributed by atoms with van der Waals surface area (Å²) in [7, 11) is 0. The zero-order valence-electron chi connectivity index (χ0n) is 12.4. The van der Waals surface area contributed by atoms with Crippen LogP contribution in [0.1, 0.15) is 36.5 Å². The lowest BCUT2D eigenvalue weighted by Gasteiger charge is -2.13. The van der Waals surface area contributed by atoms with Crippen molar-refractivity contribution < 1.29 is 17.9 Å². The van der Waals surface area contributed by atoms with Gasteiger partial charge in [0, 0.05) is 0 Å². The lowest BCUT2D eigenvalue weighted by molar-refractivity contribution is -0.303. The van der Waals surface area contributed by atoms with E-state index in [-0.39, 0.29) is 5.76 Å². The van der Waals surface area contributed by atoms with Gasteiger partial charge >= 0.3 is 6.36 Å². The smallest absolute Gasteiger partial charge is 0.406 e. The standard InChI is InChI=1S/C17H19F3O/c1-6-15(21-17(18,19)20)9-13(5)16-10-14(11(2)3)8-7-12(16)4/h6-11H,1,5H2,2-4H3. The van der Waals surface area contributed by atoms with Crippen LogP contribution in [-0.4, -0.2) is 6.36 Å². The maximum absolute atomic E-state index is 12.3. The van der Waals surface area contributed by atoms with Crippen molar-refractivity contribution in [2.75, 3.05) is 0 Å². The quantitative estimate of drug-likeness (QED) is 0.497. The summed E-state index contributed by atoms with van der Waals surface area (Å²) in [5.41, 5.74) is 3.29. The SMILES string of the molecule is C=CC(=CC(=C)c1cc(C(C)C)ccc1C)OC(F)(F)F. The number of alkyl halides is 3. The number of rotatable bonds is 5. The van der Waals surface area contributed by atoms with E-state index in [2.05, 4.69) is 31.7 Å². The molecule has 0 amide bonds. The first-order valence-corrected chi connectivity index (χ1v) is 6.53. The summed E-state index contributed by atoms with van der Waals surface area (Å²) in [6, 6.07) is 5.87. The highest BCUT2D eigenvalue weighted by Gasteiger charge is 2.31. The van der Waals surface area contributed by atoms with Crippen molar-refractivity contribution in [3.05, 3.63) is 66.0 Å². The molecule has 0 unspecified atom stereocenters. The fraction of sp³-hybridized carbons (Fsp3) is 0.294. The van der Waals surface area contributed by atoms with Crippen molar-refractivity contribution in [2.24, 2.45) is 0 Å². The molecule has 114 valence electrons. The van der Waals surface area contributed by atoms with E-state index >= 15 is 0 Å². The fourth-order valence-corrected chi connectivity index (χ4v) is 1.86. The Balaban J connectivity index is 3.13. The fourth-order valence-electron chi connectivity index (χ4n) is 1.86. The second-order valence-electron chi connectivity index (χ2n) is 5.05. The molecule has 0 bridgehead atoms. The van der Waals surface area contributed by atoms with Gasteiger partial charge in [-0.1, -0.05) is 45.2 Å². The number of aryl methyl sites for hydroxylation is 1. The van der Waals surface area contributed by atoms with Crippen LogP contribution in [0.5, 0.6) is 0 Å². The summed E-state index contributed by atoms with van der Waals surface area (Å²) < 4.78 is 40.6. The molecule has 1 aromatic carbocycles. The molecule has 0 N–H and O–H groups in total. The van der Waals surface area contributed by atoms with Gasteiger partial charge in [-0.25, -0.2) is 0 Å². The summed E-state index contributed by atoms with van der Waals surface area (Å²) >= 11 is 0. The number of halogens is 3. The summed E-state index contributed by atoms with van der Waals surface area (Å²) in [6.07, 6.45) is -2.48. The predicted octanol–water partition coefficient (Wildman–Crippen LogP) is 5.74. The van der Waals surface area contributed by atoms with E-state index in [1.54, 1.807) is 0 Å².